The van der Waals surface area contributed by atoms with E-state index < -0.39 is 40.8 Å². The molecule has 0 fully saturated rings. The van der Waals surface area contributed by atoms with Crippen LogP contribution in [0, 0.1) is 10.1 Å². The van der Waals surface area contributed by atoms with Gasteiger partial charge in [0.1, 0.15) is 6.04 Å². The van der Waals surface area contributed by atoms with Crippen molar-refractivity contribution in [1.82, 2.24) is 0 Å². The second kappa shape index (κ2) is 5.87. The van der Waals surface area contributed by atoms with Crippen LogP contribution in [0.4, 0.5) is 18.9 Å². The van der Waals surface area contributed by atoms with Crippen LogP contribution in [-0.4, -0.2) is 24.0 Å². The lowest BCUT2D eigenvalue weighted by Gasteiger charge is -2.12. The number of ether oxygens (including phenoxy) is 1. The lowest BCUT2D eigenvalue weighted by atomic mass is 10.0. The van der Waals surface area contributed by atoms with Gasteiger partial charge in [0.2, 0.25) is 0 Å². The molecule has 0 bridgehead atoms. The quantitative estimate of drug-likeness (QED) is 0.517. The van der Waals surface area contributed by atoms with Crippen molar-refractivity contribution in [3.8, 4) is 0 Å². The average Bonchev–Trinajstić information content (AvgIpc) is 2.36. The summed E-state index contributed by atoms with van der Waals surface area (Å²) in [6.07, 6.45) is -5.06. The van der Waals surface area contributed by atoms with Crippen LogP contribution in [-0.2, 0) is 22.1 Å². The van der Waals surface area contributed by atoms with E-state index in [4.69, 9.17) is 5.73 Å². The third-order valence-electron chi connectivity index (χ3n) is 2.55. The van der Waals surface area contributed by atoms with Crippen molar-refractivity contribution in [2.45, 2.75) is 18.6 Å². The molecule has 20 heavy (non-hydrogen) atoms. The number of nitro benzene ring substituents is 1. The van der Waals surface area contributed by atoms with Crippen LogP contribution in [0.1, 0.15) is 11.1 Å². The van der Waals surface area contributed by atoms with Gasteiger partial charge < -0.3 is 10.5 Å². The highest BCUT2D eigenvalue weighted by Crippen LogP contribution is 2.32. The number of esters is 1. The highest BCUT2D eigenvalue weighted by atomic mass is 19.4. The molecule has 1 atom stereocenters. The summed E-state index contributed by atoms with van der Waals surface area (Å²) in [7, 11) is 1.06. The molecule has 0 aromatic heterocycles. The number of carbonyl (C=O) groups is 1. The number of halogens is 3. The first-order chi connectivity index (χ1) is 9.16. The van der Waals surface area contributed by atoms with Crippen molar-refractivity contribution in [2.75, 3.05) is 7.11 Å². The molecule has 0 aliphatic heterocycles. The van der Waals surface area contributed by atoms with Gasteiger partial charge in [-0.1, -0.05) is 0 Å². The molecule has 0 spiro atoms. The molecule has 110 valence electrons. The van der Waals surface area contributed by atoms with Crippen molar-refractivity contribution in [1.29, 1.82) is 0 Å². The molecule has 0 unspecified atom stereocenters. The minimum Gasteiger partial charge on any atom is -0.468 e. The Kier molecular flexibility index (Phi) is 4.66. The Labute approximate surface area is 111 Å². The number of methoxy groups -OCH3 is 1. The van der Waals surface area contributed by atoms with E-state index in [9.17, 15) is 28.1 Å². The second-order valence-corrected chi connectivity index (χ2v) is 3.93. The maximum absolute atomic E-state index is 12.6. The van der Waals surface area contributed by atoms with Gasteiger partial charge >= 0.3 is 12.1 Å². The van der Waals surface area contributed by atoms with Gasteiger partial charge in [-0.2, -0.15) is 13.2 Å². The molecular weight excluding hydrogens is 281 g/mol. The normalized spacial score (nSPS) is 12.8. The first kappa shape index (κ1) is 15.9. The largest absolute Gasteiger partial charge is 0.468 e. The SMILES string of the molecule is COC(=O)[C@H](N)Cc1cc(C(F)(F)F)ccc1[N+](=O)[O-]. The van der Waals surface area contributed by atoms with Gasteiger partial charge in [-0.25, -0.2) is 0 Å². The standard InChI is InChI=1S/C11H11F3N2O4/c1-20-10(17)8(15)5-6-4-7(11(12,13)14)2-3-9(6)16(18)19/h2-4,8H,5,15H2,1H3/t8-/m1/s1. The van der Waals surface area contributed by atoms with E-state index in [-0.39, 0.29) is 5.56 Å². The Morgan fingerprint density at radius 2 is 2.10 bits per heavy atom. The van der Waals surface area contributed by atoms with Crippen molar-refractivity contribution in [3.05, 3.63) is 39.4 Å². The Bertz CT molecular complexity index is 531. The number of nitro groups is 1. The van der Waals surface area contributed by atoms with Crippen LogP contribution in [0.3, 0.4) is 0 Å². The molecule has 2 N–H and O–H groups in total. The summed E-state index contributed by atoms with van der Waals surface area (Å²) in [6.45, 7) is 0. The molecule has 0 aliphatic rings. The summed E-state index contributed by atoms with van der Waals surface area (Å²) in [5.41, 5.74) is 3.56. The van der Waals surface area contributed by atoms with Crippen molar-refractivity contribution in [2.24, 2.45) is 5.73 Å². The van der Waals surface area contributed by atoms with Gasteiger partial charge in [-0.05, 0) is 12.1 Å². The minimum absolute atomic E-state index is 0.275. The molecule has 9 heteroatoms. The number of alkyl halides is 3. The Morgan fingerprint density at radius 3 is 2.55 bits per heavy atom. The summed E-state index contributed by atoms with van der Waals surface area (Å²) in [4.78, 5) is 21.1. The monoisotopic (exact) mass is 292 g/mol. The summed E-state index contributed by atoms with van der Waals surface area (Å²) in [5, 5.41) is 10.8. The fraction of sp³-hybridized carbons (Fsp3) is 0.364. The minimum atomic E-state index is -4.64. The molecular formula is C11H11F3N2O4. The lowest BCUT2D eigenvalue weighted by Crippen LogP contribution is -2.33. The van der Waals surface area contributed by atoms with Gasteiger partial charge in [0.15, 0.2) is 0 Å². The van der Waals surface area contributed by atoms with Crippen LogP contribution in [0.5, 0.6) is 0 Å². The topological polar surface area (TPSA) is 95.5 Å². The summed E-state index contributed by atoms with van der Waals surface area (Å²) < 4.78 is 42.0. The van der Waals surface area contributed by atoms with Crippen molar-refractivity contribution in [3.63, 3.8) is 0 Å². The highest BCUT2D eigenvalue weighted by molar-refractivity contribution is 5.76. The Hall–Kier alpha value is -2.16. The van der Waals surface area contributed by atoms with E-state index in [0.717, 1.165) is 13.2 Å². The number of hydrogen-bond donors (Lipinski definition) is 1. The van der Waals surface area contributed by atoms with Crippen LogP contribution in [0.25, 0.3) is 0 Å². The van der Waals surface area contributed by atoms with Gasteiger partial charge in [-0.3, -0.25) is 14.9 Å². The molecule has 6 nitrogen and oxygen atoms in total. The summed E-state index contributed by atoms with van der Waals surface area (Å²) >= 11 is 0. The zero-order valence-corrected chi connectivity index (χ0v) is 10.3. The number of rotatable bonds is 4. The maximum atomic E-state index is 12.6. The predicted octanol–water partition coefficient (Wildman–Crippen LogP) is 1.66. The predicted molar refractivity (Wildman–Crippen MR) is 61.8 cm³/mol. The van der Waals surface area contributed by atoms with E-state index >= 15 is 0 Å². The lowest BCUT2D eigenvalue weighted by molar-refractivity contribution is -0.385. The Balaban J connectivity index is 3.19. The number of benzene rings is 1. The third kappa shape index (κ3) is 3.67. The second-order valence-electron chi connectivity index (χ2n) is 3.93. The molecule has 1 rings (SSSR count). The van der Waals surface area contributed by atoms with Crippen LogP contribution >= 0.6 is 0 Å². The summed E-state index contributed by atoms with van der Waals surface area (Å²) in [5.74, 6) is -0.864. The van der Waals surface area contributed by atoms with Crippen LogP contribution in [0.2, 0.25) is 0 Å². The van der Waals surface area contributed by atoms with E-state index in [1.807, 2.05) is 0 Å². The van der Waals surface area contributed by atoms with Gasteiger partial charge in [-0.15, -0.1) is 0 Å². The molecule has 0 saturated carbocycles. The highest BCUT2D eigenvalue weighted by Gasteiger charge is 2.33. The van der Waals surface area contributed by atoms with E-state index in [1.165, 1.54) is 0 Å². The zero-order valence-electron chi connectivity index (χ0n) is 10.3. The average molecular weight is 292 g/mol. The fourth-order valence-electron chi connectivity index (χ4n) is 1.58. The summed E-state index contributed by atoms with van der Waals surface area (Å²) in [6, 6.07) is 0.677. The molecule has 0 aliphatic carbocycles. The Morgan fingerprint density at radius 1 is 1.50 bits per heavy atom. The van der Waals surface area contributed by atoms with Crippen LogP contribution in [0.15, 0.2) is 18.2 Å². The number of nitrogens with two attached hydrogens (primary N) is 1. The molecule has 0 heterocycles. The number of nitrogens with zero attached hydrogens (tertiary/aromatic N) is 1. The number of carbonyl (C=O) groups excluding carboxylic acids is 1. The maximum Gasteiger partial charge on any atom is 0.416 e. The molecule has 1 aromatic carbocycles. The third-order valence-corrected chi connectivity index (χ3v) is 2.55. The number of hydrogen-bond acceptors (Lipinski definition) is 5. The first-order valence-electron chi connectivity index (χ1n) is 5.34. The van der Waals surface area contributed by atoms with Gasteiger partial charge in [0.05, 0.1) is 17.6 Å². The van der Waals surface area contributed by atoms with Crippen molar-refractivity contribution < 1.29 is 27.6 Å². The smallest absolute Gasteiger partial charge is 0.416 e. The fourth-order valence-corrected chi connectivity index (χ4v) is 1.58. The van der Waals surface area contributed by atoms with Gasteiger partial charge in [0.25, 0.3) is 5.69 Å². The van der Waals surface area contributed by atoms with E-state index in [0.29, 0.717) is 12.1 Å². The molecule has 0 saturated heterocycles. The first-order valence-corrected chi connectivity index (χ1v) is 5.34. The molecule has 0 radical (unpaired) electrons. The van der Waals surface area contributed by atoms with E-state index in [1.54, 1.807) is 0 Å². The zero-order chi connectivity index (χ0) is 15.5. The van der Waals surface area contributed by atoms with E-state index in [2.05, 4.69) is 4.74 Å². The molecule has 0 amide bonds. The van der Waals surface area contributed by atoms with Crippen LogP contribution < -0.4 is 5.73 Å². The van der Waals surface area contributed by atoms with Crippen molar-refractivity contribution >= 4 is 11.7 Å². The van der Waals surface area contributed by atoms with Gasteiger partial charge in [0, 0.05) is 18.1 Å². The molecule has 1 aromatic rings.